The van der Waals surface area contributed by atoms with Crippen LogP contribution in [0.5, 0.6) is 0 Å². The third-order valence-corrected chi connectivity index (χ3v) is 4.45. The minimum Gasteiger partial charge on any atom is -0.399 e. The Morgan fingerprint density at radius 1 is 1.20 bits per heavy atom. The van der Waals surface area contributed by atoms with Crippen LogP contribution in [0.15, 0.2) is 42.6 Å². The van der Waals surface area contributed by atoms with Crippen LogP contribution in [-0.2, 0) is 4.79 Å². The van der Waals surface area contributed by atoms with E-state index in [1.807, 2.05) is 13.0 Å². The molecule has 0 radical (unpaired) electrons. The molecule has 130 valence electrons. The standard InChI is InChI=1S/C19H22N4O2/c1-13-5-6-17(21-12-13)22-18(24)14-7-9-23(10-8-14)19(25)15-3-2-4-16(20)11-15/h2-6,11-12,14H,7-10,20H2,1H3,(H,21,22,24). The van der Waals surface area contributed by atoms with Gasteiger partial charge in [-0.15, -0.1) is 0 Å². The summed E-state index contributed by atoms with van der Waals surface area (Å²) in [4.78, 5) is 30.9. The first-order chi connectivity index (χ1) is 12.0. The average molecular weight is 338 g/mol. The summed E-state index contributed by atoms with van der Waals surface area (Å²) in [5.74, 6) is 0.389. The van der Waals surface area contributed by atoms with E-state index in [4.69, 9.17) is 5.73 Å². The molecule has 0 spiro atoms. The second-order valence-electron chi connectivity index (χ2n) is 6.40. The number of benzene rings is 1. The Morgan fingerprint density at radius 3 is 2.60 bits per heavy atom. The van der Waals surface area contributed by atoms with Crippen LogP contribution in [0.25, 0.3) is 0 Å². The highest BCUT2D eigenvalue weighted by molar-refractivity contribution is 5.95. The lowest BCUT2D eigenvalue weighted by Crippen LogP contribution is -2.41. The fourth-order valence-electron chi connectivity index (χ4n) is 2.97. The molecule has 3 rings (SSSR count). The molecule has 3 N–H and O–H groups in total. The molecule has 0 saturated carbocycles. The number of nitrogens with zero attached hydrogens (tertiary/aromatic N) is 2. The number of anilines is 2. The number of nitrogens with two attached hydrogens (primary N) is 1. The maximum atomic E-state index is 12.5. The fraction of sp³-hybridized carbons (Fsp3) is 0.316. The second-order valence-corrected chi connectivity index (χ2v) is 6.40. The molecule has 0 atom stereocenters. The summed E-state index contributed by atoms with van der Waals surface area (Å²) in [7, 11) is 0. The molecule has 25 heavy (non-hydrogen) atoms. The highest BCUT2D eigenvalue weighted by Gasteiger charge is 2.28. The Labute approximate surface area is 147 Å². The van der Waals surface area contributed by atoms with Crippen LogP contribution in [-0.4, -0.2) is 34.8 Å². The Balaban J connectivity index is 1.55. The summed E-state index contributed by atoms with van der Waals surface area (Å²) in [5.41, 5.74) is 7.95. The van der Waals surface area contributed by atoms with Gasteiger partial charge in [-0.25, -0.2) is 4.98 Å². The van der Waals surface area contributed by atoms with Crippen LogP contribution < -0.4 is 11.1 Å². The van der Waals surface area contributed by atoms with E-state index in [1.54, 1.807) is 41.4 Å². The van der Waals surface area contributed by atoms with E-state index in [1.165, 1.54) is 0 Å². The quantitative estimate of drug-likeness (QED) is 0.842. The minimum absolute atomic E-state index is 0.0348. The number of carbonyl (C=O) groups excluding carboxylic acids is 2. The Morgan fingerprint density at radius 2 is 1.96 bits per heavy atom. The number of aromatic nitrogens is 1. The molecule has 6 heteroatoms. The van der Waals surface area contributed by atoms with Gasteiger partial charge in [0.25, 0.3) is 5.91 Å². The number of nitrogen functional groups attached to an aromatic ring is 1. The smallest absolute Gasteiger partial charge is 0.253 e. The molecule has 2 aromatic rings. The van der Waals surface area contributed by atoms with E-state index in [9.17, 15) is 9.59 Å². The molecule has 1 aliphatic rings. The van der Waals surface area contributed by atoms with Crippen LogP contribution in [0.4, 0.5) is 11.5 Å². The molecule has 2 amide bonds. The van der Waals surface area contributed by atoms with E-state index in [-0.39, 0.29) is 17.7 Å². The van der Waals surface area contributed by atoms with Crippen LogP contribution in [0.1, 0.15) is 28.8 Å². The molecule has 1 saturated heterocycles. The average Bonchev–Trinajstić information content (AvgIpc) is 2.63. The summed E-state index contributed by atoms with van der Waals surface area (Å²) in [6.07, 6.45) is 3.01. The van der Waals surface area contributed by atoms with Gasteiger partial charge in [-0.1, -0.05) is 12.1 Å². The SMILES string of the molecule is Cc1ccc(NC(=O)C2CCN(C(=O)c3cccc(N)c3)CC2)nc1. The lowest BCUT2D eigenvalue weighted by Gasteiger charge is -2.31. The van der Waals surface area contributed by atoms with E-state index < -0.39 is 0 Å². The Kier molecular flexibility index (Phi) is 4.97. The van der Waals surface area contributed by atoms with E-state index >= 15 is 0 Å². The lowest BCUT2D eigenvalue weighted by molar-refractivity contribution is -0.121. The van der Waals surface area contributed by atoms with Crippen LogP contribution in [0.3, 0.4) is 0 Å². The van der Waals surface area contributed by atoms with Gasteiger partial charge < -0.3 is 16.0 Å². The van der Waals surface area contributed by atoms with Gasteiger partial charge in [-0.3, -0.25) is 9.59 Å². The highest BCUT2D eigenvalue weighted by atomic mass is 16.2. The number of amides is 2. The predicted molar refractivity (Wildman–Crippen MR) is 97.1 cm³/mol. The van der Waals surface area contributed by atoms with Gasteiger partial charge in [0.15, 0.2) is 0 Å². The van der Waals surface area contributed by atoms with Crippen LogP contribution in [0, 0.1) is 12.8 Å². The van der Waals surface area contributed by atoms with Crippen molar-refractivity contribution in [3.8, 4) is 0 Å². The van der Waals surface area contributed by atoms with Crippen molar-refractivity contribution in [1.29, 1.82) is 0 Å². The van der Waals surface area contributed by atoms with Crippen LogP contribution >= 0.6 is 0 Å². The zero-order valence-electron chi connectivity index (χ0n) is 14.2. The molecule has 1 fully saturated rings. The molecule has 0 bridgehead atoms. The molecule has 1 aromatic heterocycles. The molecular weight excluding hydrogens is 316 g/mol. The summed E-state index contributed by atoms with van der Waals surface area (Å²) in [6, 6.07) is 10.7. The number of carbonyl (C=O) groups is 2. The van der Waals surface area contributed by atoms with Crippen molar-refractivity contribution >= 4 is 23.3 Å². The Hall–Kier alpha value is -2.89. The second kappa shape index (κ2) is 7.34. The van der Waals surface area contributed by atoms with E-state index in [2.05, 4.69) is 10.3 Å². The van der Waals surface area contributed by atoms with Crippen molar-refractivity contribution < 1.29 is 9.59 Å². The van der Waals surface area contributed by atoms with Crippen molar-refractivity contribution in [3.63, 3.8) is 0 Å². The van der Waals surface area contributed by atoms with Gasteiger partial charge in [-0.2, -0.15) is 0 Å². The number of nitrogens with one attached hydrogen (secondary N) is 1. The summed E-state index contributed by atoms with van der Waals surface area (Å²) in [6.45, 7) is 3.08. The lowest BCUT2D eigenvalue weighted by atomic mass is 9.95. The number of piperidine rings is 1. The highest BCUT2D eigenvalue weighted by Crippen LogP contribution is 2.21. The van der Waals surface area contributed by atoms with Gasteiger partial charge >= 0.3 is 0 Å². The van der Waals surface area contributed by atoms with Gasteiger partial charge in [0.2, 0.25) is 5.91 Å². The topological polar surface area (TPSA) is 88.3 Å². The number of hydrogen-bond donors (Lipinski definition) is 2. The number of aryl methyl sites for hydroxylation is 1. The molecule has 2 heterocycles. The molecule has 1 aliphatic heterocycles. The van der Waals surface area contributed by atoms with Crippen molar-refractivity contribution in [2.24, 2.45) is 5.92 Å². The molecule has 1 aromatic carbocycles. The Bertz CT molecular complexity index is 765. The summed E-state index contributed by atoms with van der Waals surface area (Å²) < 4.78 is 0. The number of rotatable bonds is 3. The van der Waals surface area contributed by atoms with Gasteiger partial charge in [-0.05, 0) is 49.6 Å². The van der Waals surface area contributed by atoms with Crippen molar-refractivity contribution in [2.75, 3.05) is 24.1 Å². The normalized spacial score (nSPS) is 15.0. The summed E-state index contributed by atoms with van der Waals surface area (Å²) in [5, 5.41) is 2.85. The third-order valence-electron chi connectivity index (χ3n) is 4.45. The maximum absolute atomic E-state index is 12.5. The largest absolute Gasteiger partial charge is 0.399 e. The van der Waals surface area contributed by atoms with Crippen molar-refractivity contribution in [2.45, 2.75) is 19.8 Å². The zero-order chi connectivity index (χ0) is 17.8. The van der Waals surface area contributed by atoms with Gasteiger partial charge in [0.05, 0.1) is 0 Å². The molecule has 0 aliphatic carbocycles. The van der Waals surface area contributed by atoms with Crippen LogP contribution in [0.2, 0.25) is 0 Å². The molecule has 6 nitrogen and oxygen atoms in total. The van der Waals surface area contributed by atoms with E-state index in [0.29, 0.717) is 43.0 Å². The van der Waals surface area contributed by atoms with E-state index in [0.717, 1.165) is 5.56 Å². The first-order valence-corrected chi connectivity index (χ1v) is 8.41. The number of pyridine rings is 1. The third kappa shape index (κ3) is 4.15. The first-order valence-electron chi connectivity index (χ1n) is 8.41. The van der Waals surface area contributed by atoms with Gasteiger partial charge in [0.1, 0.15) is 5.82 Å². The maximum Gasteiger partial charge on any atom is 0.253 e. The van der Waals surface area contributed by atoms with Gasteiger partial charge in [0, 0.05) is 36.5 Å². The van der Waals surface area contributed by atoms with Crippen molar-refractivity contribution in [3.05, 3.63) is 53.7 Å². The number of likely N-dealkylation sites (tertiary alicyclic amines) is 1. The predicted octanol–water partition coefficient (Wildman–Crippen LogP) is 2.46. The van der Waals surface area contributed by atoms with Crippen molar-refractivity contribution in [1.82, 2.24) is 9.88 Å². The molecular formula is C19H22N4O2. The monoisotopic (exact) mass is 338 g/mol. The summed E-state index contributed by atoms with van der Waals surface area (Å²) >= 11 is 0. The number of hydrogen-bond acceptors (Lipinski definition) is 4. The molecule has 0 unspecified atom stereocenters. The minimum atomic E-state index is -0.104. The first kappa shape index (κ1) is 17.0. The fourth-order valence-corrected chi connectivity index (χ4v) is 2.97. The zero-order valence-corrected chi connectivity index (χ0v) is 14.2.